The van der Waals surface area contributed by atoms with Crippen LogP contribution in [0.1, 0.15) is 6.42 Å². The van der Waals surface area contributed by atoms with Crippen LogP contribution in [0.15, 0.2) is 43.0 Å². The first kappa shape index (κ1) is 18.6. The summed E-state index contributed by atoms with van der Waals surface area (Å²) in [4.78, 5) is 15.7. The molecule has 1 aliphatic rings. The van der Waals surface area contributed by atoms with Crippen molar-refractivity contribution < 1.29 is 13.2 Å². The summed E-state index contributed by atoms with van der Waals surface area (Å²) in [7, 11) is 0. The van der Waals surface area contributed by atoms with Gasteiger partial charge >= 0.3 is 0 Å². The third-order valence-electron chi connectivity index (χ3n) is 5.18. The minimum absolute atomic E-state index is 0.0728. The van der Waals surface area contributed by atoms with Gasteiger partial charge in [-0.25, -0.2) is 28.1 Å². The molecule has 0 amide bonds. The number of nitrogens with one attached hydrogen (secondary N) is 3. The lowest BCUT2D eigenvalue weighted by Gasteiger charge is -2.28. The molecule has 5 rings (SSSR count). The molecule has 4 aromatic heterocycles. The molecule has 0 unspecified atom stereocenters. The molecule has 1 saturated heterocycles. The van der Waals surface area contributed by atoms with E-state index in [1.54, 1.807) is 35.1 Å². The van der Waals surface area contributed by atoms with E-state index >= 15 is 0 Å². The maximum absolute atomic E-state index is 14.6. The fourth-order valence-electron chi connectivity index (χ4n) is 3.62. The second kappa shape index (κ2) is 7.45. The number of fused-ring (bicyclic) bond motifs is 1. The highest BCUT2D eigenvalue weighted by Crippen LogP contribution is 2.28. The Balaban J connectivity index is 1.52. The predicted molar refractivity (Wildman–Crippen MR) is 106 cm³/mol. The number of hydrogen-bond acceptors (Lipinski definition) is 5. The topological polar surface area (TPSA) is 82.9 Å². The number of aromatic nitrogens is 5. The number of nitrogens with zero attached hydrogens (tertiary/aromatic N) is 4. The van der Waals surface area contributed by atoms with Crippen molar-refractivity contribution in [1.29, 1.82) is 0 Å². The zero-order valence-electron chi connectivity index (χ0n) is 15.7. The molecule has 1 aliphatic heterocycles. The number of aromatic amines is 1. The van der Waals surface area contributed by atoms with Gasteiger partial charge in [-0.2, -0.15) is 0 Å². The van der Waals surface area contributed by atoms with E-state index in [0.717, 1.165) is 11.6 Å². The van der Waals surface area contributed by atoms with Gasteiger partial charge in [-0.1, -0.05) is 0 Å². The van der Waals surface area contributed by atoms with E-state index in [1.807, 2.05) is 0 Å². The van der Waals surface area contributed by atoms with Crippen molar-refractivity contribution in [3.63, 3.8) is 0 Å². The Kier molecular flexibility index (Phi) is 4.62. The number of pyridine rings is 2. The summed E-state index contributed by atoms with van der Waals surface area (Å²) in [6.45, 7) is 0.895. The molecular weight excluding hydrogens is 395 g/mol. The summed E-state index contributed by atoms with van der Waals surface area (Å²) in [5.74, 6) is -1.21. The summed E-state index contributed by atoms with van der Waals surface area (Å²) in [6.07, 6.45) is 5.72. The van der Waals surface area contributed by atoms with Crippen LogP contribution < -0.4 is 10.6 Å². The predicted octanol–water partition coefficient (Wildman–Crippen LogP) is 3.18. The largest absolute Gasteiger partial charge is 0.361 e. The molecule has 0 saturated carbocycles. The van der Waals surface area contributed by atoms with E-state index in [4.69, 9.17) is 0 Å². The lowest BCUT2D eigenvalue weighted by atomic mass is 10.1. The number of halogens is 3. The van der Waals surface area contributed by atoms with Crippen molar-refractivity contribution in [1.82, 2.24) is 29.7 Å². The van der Waals surface area contributed by atoms with Crippen molar-refractivity contribution in [2.24, 2.45) is 0 Å². The summed E-state index contributed by atoms with van der Waals surface area (Å²) < 4.78 is 44.7. The molecule has 0 bridgehead atoms. The number of rotatable bonds is 4. The average Bonchev–Trinajstić information content (AvgIpc) is 3.41. The minimum atomic E-state index is -1.14. The molecule has 0 spiro atoms. The van der Waals surface area contributed by atoms with E-state index < -0.39 is 23.8 Å². The highest BCUT2D eigenvalue weighted by Gasteiger charge is 2.26. The van der Waals surface area contributed by atoms with Crippen LogP contribution in [0, 0.1) is 11.6 Å². The highest BCUT2D eigenvalue weighted by molar-refractivity contribution is 5.67. The minimum Gasteiger partial charge on any atom is -0.361 e. The first-order valence-electron chi connectivity index (χ1n) is 9.55. The van der Waals surface area contributed by atoms with E-state index in [9.17, 15) is 13.2 Å². The highest BCUT2D eigenvalue weighted by atomic mass is 19.1. The zero-order chi connectivity index (χ0) is 20.7. The molecular formula is C20H18F3N7. The molecule has 1 fully saturated rings. The van der Waals surface area contributed by atoms with Crippen molar-refractivity contribution in [3.05, 3.63) is 54.6 Å². The van der Waals surface area contributed by atoms with Crippen LogP contribution in [-0.4, -0.2) is 49.6 Å². The maximum Gasteiger partial charge on any atom is 0.168 e. The number of anilines is 1. The van der Waals surface area contributed by atoms with E-state index in [1.165, 1.54) is 6.20 Å². The molecule has 154 valence electrons. The van der Waals surface area contributed by atoms with Gasteiger partial charge in [0.25, 0.3) is 0 Å². The second-order valence-electron chi connectivity index (χ2n) is 7.13. The third-order valence-corrected chi connectivity index (χ3v) is 5.18. The lowest BCUT2D eigenvalue weighted by Crippen LogP contribution is -2.46. The standard InChI is InChI=1S/C20H18F3N7/c21-12-1-3-24-9-15(12)28-20-14(23)8-13(22)18(29-20)16-10-27-17-7-11(2-6-30(16)17)19-25-4-5-26-19/h2,4-8,10,12,15,24H,1,3,9H2,(H,25,26)(H,28,29)/t12-,15-/m0/s1. The van der Waals surface area contributed by atoms with Crippen LogP contribution in [-0.2, 0) is 0 Å². The van der Waals surface area contributed by atoms with Gasteiger partial charge < -0.3 is 15.6 Å². The van der Waals surface area contributed by atoms with Gasteiger partial charge in [0, 0.05) is 36.8 Å². The van der Waals surface area contributed by atoms with Crippen molar-refractivity contribution in [2.45, 2.75) is 18.6 Å². The van der Waals surface area contributed by atoms with Crippen LogP contribution in [0.2, 0.25) is 0 Å². The molecule has 2 atom stereocenters. The van der Waals surface area contributed by atoms with Gasteiger partial charge in [-0.05, 0) is 25.1 Å². The number of hydrogen-bond donors (Lipinski definition) is 3. The normalized spacial score (nSPS) is 19.3. The van der Waals surface area contributed by atoms with Crippen LogP contribution >= 0.6 is 0 Å². The number of imidazole rings is 2. The van der Waals surface area contributed by atoms with Gasteiger partial charge in [0.1, 0.15) is 23.3 Å². The van der Waals surface area contributed by atoms with Crippen molar-refractivity contribution in [3.8, 4) is 22.8 Å². The van der Waals surface area contributed by atoms with Crippen LogP contribution in [0.4, 0.5) is 19.0 Å². The van der Waals surface area contributed by atoms with Gasteiger partial charge in [0.05, 0.1) is 17.9 Å². The Labute approximate surface area is 169 Å². The molecule has 0 radical (unpaired) electrons. The Morgan fingerprint density at radius 3 is 2.87 bits per heavy atom. The number of piperidine rings is 1. The smallest absolute Gasteiger partial charge is 0.168 e. The summed E-state index contributed by atoms with van der Waals surface area (Å²) in [6, 6.07) is 3.71. The van der Waals surface area contributed by atoms with E-state index in [2.05, 4.69) is 30.6 Å². The van der Waals surface area contributed by atoms with Crippen molar-refractivity contribution in [2.75, 3.05) is 18.4 Å². The Morgan fingerprint density at radius 2 is 2.07 bits per heavy atom. The molecule has 3 N–H and O–H groups in total. The van der Waals surface area contributed by atoms with Crippen LogP contribution in [0.3, 0.4) is 0 Å². The third kappa shape index (κ3) is 3.28. The Bertz CT molecular complexity index is 1190. The fraction of sp³-hybridized carbons (Fsp3) is 0.250. The summed E-state index contributed by atoms with van der Waals surface area (Å²) >= 11 is 0. The molecule has 30 heavy (non-hydrogen) atoms. The average molecular weight is 413 g/mol. The van der Waals surface area contributed by atoms with E-state index in [0.29, 0.717) is 36.7 Å². The molecule has 0 aromatic carbocycles. The van der Waals surface area contributed by atoms with Crippen molar-refractivity contribution >= 4 is 11.5 Å². The first-order chi connectivity index (χ1) is 14.6. The number of alkyl halides is 1. The van der Waals surface area contributed by atoms with Crippen LogP contribution in [0.5, 0.6) is 0 Å². The molecule has 0 aliphatic carbocycles. The molecule has 7 nitrogen and oxygen atoms in total. The molecule has 4 aromatic rings. The SMILES string of the molecule is Fc1cc(F)c(-c2cnc3cc(-c4ncc[nH]4)ccn23)nc1N[C@H]1CNCC[C@@H]1F. The molecule has 5 heterocycles. The number of H-pyrrole nitrogens is 1. The summed E-state index contributed by atoms with van der Waals surface area (Å²) in [5.41, 5.74) is 1.66. The monoisotopic (exact) mass is 413 g/mol. The first-order valence-corrected chi connectivity index (χ1v) is 9.55. The Morgan fingerprint density at radius 1 is 1.17 bits per heavy atom. The van der Waals surface area contributed by atoms with Gasteiger partial charge in [-0.3, -0.25) is 4.40 Å². The van der Waals surface area contributed by atoms with Gasteiger partial charge in [0.2, 0.25) is 0 Å². The maximum atomic E-state index is 14.6. The quantitative estimate of drug-likeness (QED) is 0.479. The van der Waals surface area contributed by atoms with Gasteiger partial charge in [-0.15, -0.1) is 0 Å². The summed E-state index contributed by atoms with van der Waals surface area (Å²) in [5, 5.41) is 5.82. The second-order valence-corrected chi connectivity index (χ2v) is 7.13. The van der Waals surface area contributed by atoms with E-state index in [-0.39, 0.29) is 11.5 Å². The molecule has 10 heteroatoms. The lowest BCUT2D eigenvalue weighted by molar-refractivity contribution is 0.240. The Hall–Kier alpha value is -3.40. The van der Waals surface area contributed by atoms with Gasteiger partial charge in [0.15, 0.2) is 17.5 Å². The zero-order valence-corrected chi connectivity index (χ0v) is 15.7. The fourth-order valence-corrected chi connectivity index (χ4v) is 3.62. The van der Waals surface area contributed by atoms with Crippen LogP contribution in [0.25, 0.3) is 28.4 Å².